The molecular weight excluding hydrogens is 550 g/mol. The van der Waals surface area contributed by atoms with E-state index in [9.17, 15) is 19.2 Å². The normalized spacial score (nSPS) is 12.6. The second-order valence-corrected chi connectivity index (χ2v) is 10.2. The van der Waals surface area contributed by atoms with Crippen molar-refractivity contribution >= 4 is 29.5 Å². The molecule has 3 atom stereocenters. The van der Waals surface area contributed by atoms with Crippen LogP contribution in [0.25, 0.3) is 0 Å². The number of hydrogen-bond acceptors (Lipinski definition) is 6. The average Bonchev–Trinajstić information content (AvgIpc) is 2.98. The summed E-state index contributed by atoms with van der Waals surface area (Å²) in [6.45, 7) is 5.84. The van der Waals surface area contributed by atoms with Gasteiger partial charge in [0.1, 0.15) is 18.4 Å². The Hall–Kier alpha value is -4.67. The zero-order chi connectivity index (χ0) is 31.6. The maximum Gasteiger partial charge on any atom is 0.338 e. The van der Waals surface area contributed by atoms with E-state index in [1.807, 2.05) is 42.5 Å². The highest BCUT2D eigenvalue weighted by Gasteiger charge is 2.30. The minimum atomic E-state index is -0.932. The number of guanidine groups is 1. The maximum atomic E-state index is 13.6. The van der Waals surface area contributed by atoms with Crippen molar-refractivity contribution in [1.82, 2.24) is 10.6 Å². The topological polar surface area (TPSA) is 177 Å². The molecule has 0 aromatic heterocycles. The fraction of sp³-hybridized carbons (Fsp3) is 0.406. The summed E-state index contributed by atoms with van der Waals surface area (Å²) in [5.41, 5.74) is 12.6. The molecule has 0 radical (unpaired) electrons. The highest BCUT2D eigenvalue weighted by atomic mass is 16.5. The molecule has 11 nitrogen and oxygen atoms in total. The van der Waals surface area contributed by atoms with E-state index in [0.29, 0.717) is 38.2 Å². The number of ketones is 1. The minimum Gasteiger partial charge on any atom is -0.490 e. The fourth-order valence-electron chi connectivity index (χ4n) is 4.54. The Bertz CT molecular complexity index is 1230. The van der Waals surface area contributed by atoms with E-state index in [0.717, 1.165) is 11.1 Å². The zero-order valence-electron chi connectivity index (χ0n) is 25.0. The Labute approximate surface area is 253 Å². The van der Waals surface area contributed by atoms with Crippen molar-refractivity contribution in [3.63, 3.8) is 0 Å². The molecule has 11 heteroatoms. The summed E-state index contributed by atoms with van der Waals surface area (Å²) >= 11 is 0. The van der Waals surface area contributed by atoms with E-state index in [2.05, 4.69) is 22.2 Å². The lowest BCUT2D eigenvalue weighted by atomic mass is 9.90. The molecule has 0 heterocycles. The molecule has 2 aromatic carbocycles. The van der Waals surface area contributed by atoms with Crippen molar-refractivity contribution in [2.24, 2.45) is 17.4 Å². The molecule has 0 fully saturated rings. The van der Waals surface area contributed by atoms with Crippen LogP contribution in [0.5, 0.6) is 5.75 Å². The SMILES string of the molecule is C=CCOc1ccc(C[C@H](NC(C)=O)C(=O)C[C@@H](CCCC[NH+]=C(N)N)C(=O)N[C@@H](Cc2ccccc2)C(=O)OC)cc1. The van der Waals surface area contributed by atoms with Gasteiger partial charge in [-0.05, 0) is 48.9 Å². The van der Waals surface area contributed by atoms with E-state index >= 15 is 0 Å². The summed E-state index contributed by atoms with van der Waals surface area (Å²) in [7, 11) is 1.26. The Morgan fingerprint density at radius 2 is 1.58 bits per heavy atom. The van der Waals surface area contributed by atoms with E-state index < -0.39 is 29.9 Å². The molecular formula is C32H44N5O6+. The standard InChI is InChI=1S/C32H43N5O6/c1-4-18-43-26-15-13-24(14-16-26)19-27(36-22(2)38)29(39)21-25(12-8-9-17-35-32(33)34)30(40)37-28(31(41)42-3)20-23-10-6-5-7-11-23/h4-7,10-11,13-16,25,27-28H,1,8-9,12,17-21H2,2-3H3,(H,36,38)(H,37,40)(H4,33,34,35)/p+1/t25-,27+,28+/m1/s1. The number of Topliss-reactive ketones (excluding diaryl/α,β-unsaturated/α-hetero) is 1. The van der Waals surface area contributed by atoms with Crippen molar-refractivity contribution in [3.05, 3.63) is 78.4 Å². The summed E-state index contributed by atoms with van der Waals surface area (Å²) in [4.78, 5) is 54.6. The number of methoxy groups -OCH3 is 1. The molecule has 0 aliphatic rings. The number of unbranched alkanes of at least 4 members (excludes halogenated alkanes) is 1. The van der Waals surface area contributed by atoms with Crippen LogP contribution in [0, 0.1) is 5.92 Å². The van der Waals surface area contributed by atoms with Gasteiger partial charge < -0.3 is 20.1 Å². The van der Waals surface area contributed by atoms with Crippen LogP contribution < -0.4 is 31.8 Å². The van der Waals surface area contributed by atoms with Crippen LogP contribution in [-0.2, 0) is 36.8 Å². The van der Waals surface area contributed by atoms with Crippen molar-refractivity contribution in [2.75, 3.05) is 20.3 Å². The van der Waals surface area contributed by atoms with Crippen LogP contribution in [0.15, 0.2) is 67.3 Å². The maximum absolute atomic E-state index is 13.6. The summed E-state index contributed by atoms with van der Waals surface area (Å²) in [6.07, 6.45) is 3.59. The number of hydrogen-bond donors (Lipinski definition) is 5. The first-order valence-electron chi connectivity index (χ1n) is 14.3. The van der Waals surface area contributed by atoms with Gasteiger partial charge in [0.25, 0.3) is 0 Å². The third kappa shape index (κ3) is 13.2. The lowest BCUT2D eigenvalue weighted by Crippen LogP contribution is -2.78. The summed E-state index contributed by atoms with van der Waals surface area (Å²) in [6, 6.07) is 14.7. The fourth-order valence-corrected chi connectivity index (χ4v) is 4.54. The number of amides is 2. The van der Waals surface area contributed by atoms with E-state index in [1.165, 1.54) is 14.0 Å². The molecule has 43 heavy (non-hydrogen) atoms. The van der Waals surface area contributed by atoms with Gasteiger partial charge in [0.15, 0.2) is 5.78 Å². The number of esters is 1. The van der Waals surface area contributed by atoms with Gasteiger partial charge >= 0.3 is 11.9 Å². The number of ether oxygens (including phenoxy) is 2. The predicted molar refractivity (Wildman–Crippen MR) is 164 cm³/mol. The van der Waals surface area contributed by atoms with E-state index in [1.54, 1.807) is 18.2 Å². The number of carbonyl (C=O) groups excluding carboxylic acids is 4. The third-order valence-electron chi connectivity index (χ3n) is 6.71. The molecule has 232 valence electrons. The average molecular weight is 595 g/mol. The van der Waals surface area contributed by atoms with Crippen LogP contribution >= 0.6 is 0 Å². The zero-order valence-corrected chi connectivity index (χ0v) is 25.0. The van der Waals surface area contributed by atoms with Crippen molar-refractivity contribution < 1.29 is 33.6 Å². The van der Waals surface area contributed by atoms with Gasteiger partial charge in [-0.3, -0.25) is 30.8 Å². The van der Waals surface area contributed by atoms with E-state index in [4.69, 9.17) is 20.9 Å². The molecule has 0 bridgehead atoms. The number of carbonyl (C=O) groups is 4. The minimum absolute atomic E-state index is 0.102. The molecule has 0 saturated heterocycles. The first-order valence-corrected chi connectivity index (χ1v) is 14.3. The number of nitrogens with two attached hydrogens (primary N) is 2. The number of benzene rings is 2. The van der Waals surface area contributed by atoms with Gasteiger partial charge in [-0.15, -0.1) is 0 Å². The van der Waals surface area contributed by atoms with Crippen molar-refractivity contribution in [2.45, 2.75) is 57.5 Å². The Kier molecular flexibility index (Phi) is 15.0. The highest BCUT2D eigenvalue weighted by molar-refractivity contribution is 5.93. The van der Waals surface area contributed by atoms with Gasteiger partial charge in [0, 0.05) is 25.7 Å². The molecule has 2 aromatic rings. The molecule has 0 unspecified atom stereocenters. The molecule has 0 spiro atoms. The van der Waals surface area contributed by atoms with Gasteiger partial charge in [-0.2, -0.15) is 0 Å². The van der Waals surface area contributed by atoms with Crippen LogP contribution in [0.2, 0.25) is 0 Å². The molecule has 2 rings (SSSR count). The monoisotopic (exact) mass is 594 g/mol. The third-order valence-corrected chi connectivity index (χ3v) is 6.71. The van der Waals surface area contributed by atoms with Crippen LogP contribution in [-0.4, -0.2) is 61.9 Å². The highest BCUT2D eigenvalue weighted by Crippen LogP contribution is 2.19. The molecule has 7 N–H and O–H groups in total. The first kappa shape index (κ1) is 34.5. The molecule has 0 aliphatic carbocycles. The lowest BCUT2D eigenvalue weighted by molar-refractivity contribution is -0.459. The Morgan fingerprint density at radius 1 is 0.930 bits per heavy atom. The quantitative estimate of drug-likeness (QED) is 0.0507. The second-order valence-electron chi connectivity index (χ2n) is 10.2. The second kappa shape index (κ2) is 18.7. The molecule has 2 amide bonds. The summed E-state index contributed by atoms with van der Waals surface area (Å²) in [5.74, 6) is -1.68. The number of rotatable bonds is 19. The van der Waals surface area contributed by atoms with Gasteiger partial charge in [0.05, 0.1) is 19.7 Å². The van der Waals surface area contributed by atoms with Crippen molar-refractivity contribution in [1.29, 1.82) is 0 Å². The van der Waals surface area contributed by atoms with Crippen LogP contribution in [0.4, 0.5) is 0 Å². The predicted octanol–water partition coefficient (Wildman–Crippen LogP) is 0.299. The van der Waals surface area contributed by atoms with Gasteiger partial charge in [-0.1, -0.05) is 55.1 Å². The first-order chi connectivity index (χ1) is 20.6. The Morgan fingerprint density at radius 3 is 2.19 bits per heavy atom. The Balaban J connectivity index is 2.21. The summed E-state index contributed by atoms with van der Waals surface area (Å²) < 4.78 is 10.5. The van der Waals surface area contributed by atoms with Gasteiger partial charge in [0.2, 0.25) is 11.8 Å². The van der Waals surface area contributed by atoms with Crippen LogP contribution in [0.1, 0.15) is 43.7 Å². The molecule has 0 aliphatic heterocycles. The van der Waals surface area contributed by atoms with Crippen LogP contribution in [0.3, 0.4) is 0 Å². The number of nitrogens with one attached hydrogen (secondary N) is 3. The summed E-state index contributed by atoms with van der Waals surface area (Å²) in [5, 5.41) is 5.53. The van der Waals surface area contributed by atoms with Crippen molar-refractivity contribution in [3.8, 4) is 5.75 Å². The largest absolute Gasteiger partial charge is 0.490 e. The van der Waals surface area contributed by atoms with Gasteiger partial charge in [-0.25, -0.2) is 4.79 Å². The van der Waals surface area contributed by atoms with E-state index in [-0.39, 0.29) is 36.9 Å². The molecule has 0 saturated carbocycles. The lowest BCUT2D eigenvalue weighted by Gasteiger charge is -2.23. The smallest absolute Gasteiger partial charge is 0.338 e.